The number of halogens is 3. The van der Waals surface area contributed by atoms with Gasteiger partial charge in [-0.2, -0.15) is 13.2 Å². The minimum Gasteiger partial charge on any atom is -0.421 e. The number of alkyl halides is 3. The average molecular weight is 307 g/mol. The van der Waals surface area contributed by atoms with Crippen molar-refractivity contribution in [2.75, 3.05) is 11.9 Å². The number of hydrogen-bond donors (Lipinski definition) is 0. The van der Waals surface area contributed by atoms with Crippen LogP contribution < -0.4 is 4.90 Å². The van der Waals surface area contributed by atoms with Gasteiger partial charge in [0.1, 0.15) is 0 Å². The molecule has 0 saturated carbocycles. The van der Waals surface area contributed by atoms with Crippen LogP contribution in [0.3, 0.4) is 0 Å². The standard InChI is InChI=1S/C16H12F3NO2/c1-20-13-10-6-5-9-12(13)14(21)22-15(20,16(17,18)19)11-7-3-2-4-8-11/h2-10H,1H3. The number of nitrogens with zero attached hydrogens (tertiary/aromatic N) is 1. The van der Waals surface area contributed by atoms with Gasteiger partial charge in [0.15, 0.2) is 0 Å². The summed E-state index contributed by atoms with van der Waals surface area (Å²) in [4.78, 5) is 13.1. The zero-order valence-electron chi connectivity index (χ0n) is 11.6. The van der Waals surface area contributed by atoms with Crippen LogP contribution in [-0.4, -0.2) is 19.2 Å². The molecular formula is C16H12F3NO2. The number of carbonyl (C=O) groups excluding carboxylic acids is 1. The van der Waals surface area contributed by atoms with Gasteiger partial charge in [0.25, 0.3) is 0 Å². The summed E-state index contributed by atoms with van der Waals surface area (Å²) in [5, 5.41) is 0. The quantitative estimate of drug-likeness (QED) is 0.752. The molecule has 1 aliphatic heterocycles. The van der Waals surface area contributed by atoms with E-state index in [-0.39, 0.29) is 16.8 Å². The number of esters is 1. The molecule has 0 amide bonds. The summed E-state index contributed by atoms with van der Waals surface area (Å²) in [5.74, 6) is -0.991. The molecule has 0 aliphatic carbocycles. The fourth-order valence-electron chi connectivity index (χ4n) is 2.69. The van der Waals surface area contributed by atoms with Gasteiger partial charge in [-0.15, -0.1) is 0 Å². The molecule has 2 aromatic carbocycles. The molecule has 0 spiro atoms. The van der Waals surface area contributed by atoms with Gasteiger partial charge in [-0.25, -0.2) is 4.79 Å². The number of rotatable bonds is 1. The van der Waals surface area contributed by atoms with Crippen LogP contribution in [0.4, 0.5) is 18.9 Å². The maximum absolute atomic E-state index is 13.9. The SMILES string of the molecule is CN1c2ccccc2C(=O)OC1(c1ccccc1)C(F)(F)F. The van der Waals surface area contributed by atoms with Crippen LogP contribution >= 0.6 is 0 Å². The molecule has 0 fully saturated rings. The lowest BCUT2D eigenvalue weighted by Gasteiger charge is -2.46. The highest BCUT2D eigenvalue weighted by molar-refractivity contribution is 5.98. The Morgan fingerprint density at radius 3 is 2.23 bits per heavy atom. The molecule has 1 aliphatic rings. The lowest BCUT2D eigenvalue weighted by molar-refractivity contribution is -0.265. The number of carbonyl (C=O) groups is 1. The molecule has 1 unspecified atom stereocenters. The summed E-state index contributed by atoms with van der Waals surface area (Å²) in [7, 11) is 1.27. The molecule has 3 nitrogen and oxygen atoms in total. The van der Waals surface area contributed by atoms with Gasteiger partial charge in [0.05, 0.1) is 11.3 Å². The molecule has 0 N–H and O–H groups in total. The smallest absolute Gasteiger partial charge is 0.421 e. The molecule has 2 aromatic rings. The molecular weight excluding hydrogens is 295 g/mol. The third-order valence-electron chi connectivity index (χ3n) is 3.75. The lowest BCUT2D eigenvalue weighted by atomic mass is 9.96. The van der Waals surface area contributed by atoms with Gasteiger partial charge in [0.2, 0.25) is 0 Å². The van der Waals surface area contributed by atoms with Gasteiger partial charge in [-0.3, -0.25) is 0 Å². The number of ether oxygens (including phenoxy) is 1. The summed E-state index contributed by atoms with van der Waals surface area (Å²) in [6.45, 7) is 0. The van der Waals surface area contributed by atoms with Crippen molar-refractivity contribution in [3.05, 3.63) is 65.7 Å². The Morgan fingerprint density at radius 1 is 1.00 bits per heavy atom. The zero-order chi connectivity index (χ0) is 16.0. The van der Waals surface area contributed by atoms with Crippen LogP contribution in [0.1, 0.15) is 15.9 Å². The number of anilines is 1. The van der Waals surface area contributed by atoms with Crippen LogP contribution in [0.25, 0.3) is 0 Å². The highest BCUT2D eigenvalue weighted by Gasteiger charge is 2.65. The summed E-state index contributed by atoms with van der Waals surface area (Å²) in [6.07, 6.45) is -4.80. The van der Waals surface area contributed by atoms with E-state index in [0.29, 0.717) is 0 Å². The third-order valence-corrected chi connectivity index (χ3v) is 3.75. The topological polar surface area (TPSA) is 29.5 Å². The first-order valence-corrected chi connectivity index (χ1v) is 6.56. The second kappa shape index (κ2) is 4.76. The normalized spacial score (nSPS) is 21.3. The molecule has 0 bridgehead atoms. The van der Waals surface area contributed by atoms with Gasteiger partial charge < -0.3 is 9.64 Å². The van der Waals surface area contributed by atoms with Crippen molar-refractivity contribution >= 4 is 11.7 Å². The van der Waals surface area contributed by atoms with E-state index in [0.717, 1.165) is 4.90 Å². The van der Waals surface area contributed by atoms with Crippen LogP contribution in [0, 0.1) is 0 Å². The molecule has 0 saturated heterocycles. The van der Waals surface area contributed by atoms with Crippen molar-refractivity contribution in [1.82, 2.24) is 0 Å². The number of cyclic esters (lactones) is 1. The van der Waals surface area contributed by atoms with Crippen molar-refractivity contribution in [2.24, 2.45) is 0 Å². The molecule has 22 heavy (non-hydrogen) atoms. The summed E-state index contributed by atoms with van der Waals surface area (Å²) in [5.41, 5.74) is -2.69. The summed E-state index contributed by atoms with van der Waals surface area (Å²) in [6, 6.07) is 13.2. The Kier molecular flexibility index (Phi) is 3.12. The van der Waals surface area contributed by atoms with Gasteiger partial charge in [0, 0.05) is 12.6 Å². The molecule has 0 aromatic heterocycles. The average Bonchev–Trinajstić information content (AvgIpc) is 2.50. The second-order valence-corrected chi connectivity index (χ2v) is 4.97. The Balaban J connectivity index is 2.28. The van der Waals surface area contributed by atoms with Crippen molar-refractivity contribution < 1.29 is 22.7 Å². The fourth-order valence-corrected chi connectivity index (χ4v) is 2.69. The van der Waals surface area contributed by atoms with Crippen molar-refractivity contribution in [3.8, 4) is 0 Å². The Hall–Kier alpha value is -2.50. The van der Waals surface area contributed by atoms with Gasteiger partial charge in [-0.1, -0.05) is 42.5 Å². The first-order chi connectivity index (χ1) is 10.4. The fraction of sp³-hybridized carbons (Fsp3) is 0.188. The van der Waals surface area contributed by atoms with Crippen molar-refractivity contribution in [3.63, 3.8) is 0 Å². The van der Waals surface area contributed by atoms with E-state index in [2.05, 4.69) is 0 Å². The number of fused-ring (bicyclic) bond motifs is 1. The van der Waals surface area contributed by atoms with Crippen LogP contribution in [0.2, 0.25) is 0 Å². The van der Waals surface area contributed by atoms with E-state index < -0.39 is 17.9 Å². The predicted molar refractivity (Wildman–Crippen MR) is 74.4 cm³/mol. The number of para-hydroxylation sites is 1. The predicted octanol–water partition coefficient (Wildman–Crippen LogP) is 3.71. The maximum atomic E-state index is 13.9. The number of benzene rings is 2. The maximum Gasteiger partial charge on any atom is 0.453 e. The van der Waals surface area contributed by atoms with Crippen molar-refractivity contribution in [1.29, 1.82) is 0 Å². The third kappa shape index (κ3) is 1.87. The van der Waals surface area contributed by atoms with Crippen molar-refractivity contribution in [2.45, 2.75) is 11.9 Å². The molecule has 114 valence electrons. The number of hydrogen-bond acceptors (Lipinski definition) is 3. The zero-order valence-corrected chi connectivity index (χ0v) is 11.6. The largest absolute Gasteiger partial charge is 0.453 e. The van der Waals surface area contributed by atoms with Gasteiger partial charge >= 0.3 is 17.9 Å². The van der Waals surface area contributed by atoms with E-state index in [1.807, 2.05) is 0 Å². The molecule has 6 heteroatoms. The lowest BCUT2D eigenvalue weighted by Crippen LogP contribution is -2.60. The van der Waals surface area contributed by atoms with Crippen LogP contribution in [-0.2, 0) is 10.5 Å². The van der Waals surface area contributed by atoms with Crippen LogP contribution in [0.15, 0.2) is 54.6 Å². The highest BCUT2D eigenvalue weighted by atomic mass is 19.4. The Morgan fingerprint density at radius 2 is 1.59 bits per heavy atom. The summed E-state index contributed by atoms with van der Waals surface area (Å²) >= 11 is 0. The van der Waals surface area contributed by atoms with E-state index in [4.69, 9.17) is 4.74 Å². The minimum absolute atomic E-state index is 0.112. The molecule has 1 heterocycles. The Labute approximate surface area is 124 Å². The highest BCUT2D eigenvalue weighted by Crippen LogP contribution is 2.49. The van der Waals surface area contributed by atoms with Gasteiger partial charge in [-0.05, 0) is 12.1 Å². The van der Waals surface area contributed by atoms with E-state index in [9.17, 15) is 18.0 Å². The Bertz CT molecular complexity index is 715. The van der Waals surface area contributed by atoms with E-state index >= 15 is 0 Å². The second-order valence-electron chi connectivity index (χ2n) is 4.97. The first-order valence-electron chi connectivity index (χ1n) is 6.56. The van der Waals surface area contributed by atoms with E-state index in [1.165, 1.54) is 43.4 Å². The first kappa shape index (κ1) is 14.4. The molecule has 3 rings (SSSR count). The summed E-state index contributed by atoms with van der Waals surface area (Å²) < 4.78 is 46.6. The van der Waals surface area contributed by atoms with Crippen LogP contribution in [0.5, 0.6) is 0 Å². The molecule has 0 radical (unpaired) electrons. The minimum atomic E-state index is -4.80. The van der Waals surface area contributed by atoms with E-state index in [1.54, 1.807) is 18.2 Å². The monoisotopic (exact) mass is 307 g/mol. The molecule has 1 atom stereocenters.